The first-order valence-corrected chi connectivity index (χ1v) is 10.4. The first-order valence-electron chi connectivity index (χ1n) is 10.4. The third kappa shape index (κ3) is 4.67. The highest BCUT2D eigenvalue weighted by atomic mass is 16.5. The molecule has 0 aliphatic carbocycles. The number of ether oxygens (including phenoxy) is 2. The summed E-state index contributed by atoms with van der Waals surface area (Å²) in [6, 6.07) is 16.9. The van der Waals surface area contributed by atoms with Crippen molar-refractivity contribution in [2.75, 3.05) is 39.8 Å². The number of methoxy groups -OCH3 is 1. The number of carbonyl (C=O) groups is 1. The van der Waals surface area contributed by atoms with Crippen molar-refractivity contribution in [2.24, 2.45) is 0 Å². The number of carbonyl (C=O) groups excluding carboxylic acids is 1. The zero-order chi connectivity index (χ0) is 21.6. The molecule has 7 heteroatoms. The van der Waals surface area contributed by atoms with E-state index >= 15 is 0 Å². The van der Waals surface area contributed by atoms with Gasteiger partial charge in [0.1, 0.15) is 5.56 Å². The fourth-order valence-electron chi connectivity index (χ4n) is 3.56. The Morgan fingerprint density at radius 1 is 0.968 bits per heavy atom. The highest BCUT2D eigenvalue weighted by Crippen LogP contribution is 2.33. The molecule has 0 unspecified atom stereocenters. The average Bonchev–Trinajstić information content (AvgIpc) is 2.84. The van der Waals surface area contributed by atoms with Crippen LogP contribution in [0.4, 0.5) is 0 Å². The third-order valence-corrected chi connectivity index (χ3v) is 5.40. The molecule has 0 atom stereocenters. The van der Waals surface area contributed by atoms with E-state index in [0.717, 1.165) is 25.2 Å². The van der Waals surface area contributed by atoms with Gasteiger partial charge >= 0.3 is 0 Å². The van der Waals surface area contributed by atoms with Crippen LogP contribution >= 0.6 is 0 Å². The Kier molecular flexibility index (Phi) is 6.43. The molecule has 1 amide bonds. The number of piperazine rings is 1. The monoisotopic (exact) mass is 418 g/mol. The van der Waals surface area contributed by atoms with Crippen molar-refractivity contribution in [3.8, 4) is 28.8 Å². The molecule has 160 valence electrons. The number of hydrogen-bond acceptors (Lipinski definition) is 6. The topological polar surface area (TPSA) is 67.8 Å². The molecule has 31 heavy (non-hydrogen) atoms. The number of likely N-dealkylation sites (N-methyl/N-ethyl adjacent to an activating group) is 1. The van der Waals surface area contributed by atoms with E-state index in [0.29, 0.717) is 36.0 Å². The Labute approximate surface area is 182 Å². The number of amides is 1. The first kappa shape index (κ1) is 20.8. The van der Waals surface area contributed by atoms with Gasteiger partial charge in [-0.15, -0.1) is 0 Å². The number of nitrogens with zero attached hydrogens (tertiary/aromatic N) is 4. The quantitative estimate of drug-likeness (QED) is 0.608. The van der Waals surface area contributed by atoms with Gasteiger partial charge in [-0.1, -0.05) is 49.4 Å². The third-order valence-electron chi connectivity index (χ3n) is 5.40. The summed E-state index contributed by atoms with van der Waals surface area (Å²) >= 11 is 0. The molecule has 1 aliphatic rings. The van der Waals surface area contributed by atoms with Crippen molar-refractivity contribution >= 4 is 5.91 Å². The molecular formula is C24H26N4O3. The molecule has 3 aromatic rings. The van der Waals surface area contributed by atoms with Crippen LogP contribution in [0.2, 0.25) is 0 Å². The summed E-state index contributed by atoms with van der Waals surface area (Å²) in [5.74, 6) is 1.66. The SMILES string of the molecule is CCN1CCN(C(=O)c2cnc(-c3ccccc3)nc2Oc2ccccc2OC)CC1. The number of para-hydroxylation sites is 2. The summed E-state index contributed by atoms with van der Waals surface area (Å²) in [6.07, 6.45) is 1.56. The fraction of sp³-hybridized carbons (Fsp3) is 0.292. The van der Waals surface area contributed by atoms with Gasteiger partial charge in [0.15, 0.2) is 17.3 Å². The maximum absolute atomic E-state index is 13.3. The number of rotatable bonds is 6. The lowest BCUT2D eigenvalue weighted by Crippen LogP contribution is -2.48. The summed E-state index contributed by atoms with van der Waals surface area (Å²) in [5, 5.41) is 0. The number of benzene rings is 2. The van der Waals surface area contributed by atoms with Crippen LogP contribution in [-0.2, 0) is 0 Å². The largest absolute Gasteiger partial charge is 0.493 e. The van der Waals surface area contributed by atoms with Gasteiger partial charge in [0.2, 0.25) is 5.88 Å². The Morgan fingerprint density at radius 2 is 1.65 bits per heavy atom. The number of aromatic nitrogens is 2. The van der Waals surface area contributed by atoms with Crippen LogP contribution in [0.5, 0.6) is 17.4 Å². The van der Waals surface area contributed by atoms with E-state index in [-0.39, 0.29) is 11.8 Å². The molecule has 0 radical (unpaired) electrons. The molecule has 1 aromatic heterocycles. The smallest absolute Gasteiger partial charge is 0.261 e. The normalized spacial score (nSPS) is 14.3. The van der Waals surface area contributed by atoms with E-state index < -0.39 is 0 Å². The predicted molar refractivity (Wildman–Crippen MR) is 119 cm³/mol. The zero-order valence-corrected chi connectivity index (χ0v) is 17.8. The van der Waals surface area contributed by atoms with Gasteiger partial charge < -0.3 is 19.3 Å². The lowest BCUT2D eigenvalue weighted by atomic mass is 10.2. The van der Waals surface area contributed by atoms with Crippen LogP contribution in [0.25, 0.3) is 11.4 Å². The van der Waals surface area contributed by atoms with E-state index in [2.05, 4.69) is 21.8 Å². The van der Waals surface area contributed by atoms with Crippen molar-refractivity contribution in [2.45, 2.75) is 6.92 Å². The van der Waals surface area contributed by atoms with Gasteiger partial charge in [-0.05, 0) is 18.7 Å². The summed E-state index contributed by atoms with van der Waals surface area (Å²) in [4.78, 5) is 26.6. The molecule has 4 rings (SSSR count). The van der Waals surface area contributed by atoms with E-state index in [9.17, 15) is 4.79 Å². The summed E-state index contributed by atoms with van der Waals surface area (Å²) in [7, 11) is 1.58. The maximum atomic E-state index is 13.3. The summed E-state index contributed by atoms with van der Waals surface area (Å²) in [5.41, 5.74) is 1.19. The molecule has 2 aromatic carbocycles. The highest BCUT2D eigenvalue weighted by Gasteiger charge is 2.26. The molecule has 1 fully saturated rings. The molecule has 1 saturated heterocycles. The second-order valence-electron chi connectivity index (χ2n) is 7.26. The lowest BCUT2D eigenvalue weighted by Gasteiger charge is -2.34. The minimum atomic E-state index is -0.125. The highest BCUT2D eigenvalue weighted by molar-refractivity contribution is 5.96. The van der Waals surface area contributed by atoms with Gasteiger partial charge in [-0.2, -0.15) is 4.98 Å². The van der Waals surface area contributed by atoms with Crippen LogP contribution in [0.3, 0.4) is 0 Å². The van der Waals surface area contributed by atoms with Crippen LogP contribution in [-0.4, -0.2) is 65.5 Å². The molecule has 0 saturated carbocycles. The van der Waals surface area contributed by atoms with Crippen LogP contribution in [0.15, 0.2) is 60.8 Å². The van der Waals surface area contributed by atoms with E-state index in [1.54, 1.807) is 25.4 Å². The van der Waals surface area contributed by atoms with Gasteiger partial charge in [-0.25, -0.2) is 4.98 Å². The Bertz CT molecular complexity index is 1030. The van der Waals surface area contributed by atoms with Crippen molar-refractivity contribution in [1.82, 2.24) is 19.8 Å². The second-order valence-corrected chi connectivity index (χ2v) is 7.26. The molecule has 0 bridgehead atoms. The van der Waals surface area contributed by atoms with Crippen molar-refractivity contribution in [1.29, 1.82) is 0 Å². The van der Waals surface area contributed by atoms with Crippen molar-refractivity contribution in [3.63, 3.8) is 0 Å². The first-order chi connectivity index (χ1) is 15.2. The molecule has 2 heterocycles. The molecule has 1 aliphatic heterocycles. The van der Waals surface area contributed by atoms with Crippen molar-refractivity contribution in [3.05, 3.63) is 66.4 Å². The fourth-order valence-corrected chi connectivity index (χ4v) is 3.56. The van der Waals surface area contributed by atoms with E-state index in [1.165, 1.54) is 0 Å². The Morgan fingerprint density at radius 3 is 2.32 bits per heavy atom. The van der Waals surface area contributed by atoms with Crippen LogP contribution in [0.1, 0.15) is 17.3 Å². The van der Waals surface area contributed by atoms with Gasteiger partial charge in [0, 0.05) is 37.9 Å². The Balaban J connectivity index is 1.69. The molecule has 0 spiro atoms. The van der Waals surface area contributed by atoms with Gasteiger partial charge in [0.05, 0.1) is 7.11 Å². The van der Waals surface area contributed by atoms with Gasteiger partial charge in [0.25, 0.3) is 5.91 Å². The maximum Gasteiger partial charge on any atom is 0.261 e. The van der Waals surface area contributed by atoms with E-state index in [1.807, 2.05) is 47.4 Å². The van der Waals surface area contributed by atoms with Crippen LogP contribution < -0.4 is 9.47 Å². The second kappa shape index (κ2) is 9.57. The number of hydrogen-bond donors (Lipinski definition) is 0. The Hall–Kier alpha value is -3.45. The molecule has 7 nitrogen and oxygen atoms in total. The standard InChI is InChI=1S/C24H26N4O3/c1-3-27-13-15-28(16-14-27)24(29)19-17-25-22(18-9-5-4-6-10-18)26-23(19)31-21-12-8-7-11-20(21)30-2/h4-12,17H,3,13-16H2,1-2H3. The molecule has 0 N–H and O–H groups in total. The minimum Gasteiger partial charge on any atom is -0.493 e. The average molecular weight is 418 g/mol. The van der Waals surface area contributed by atoms with Crippen LogP contribution in [0, 0.1) is 0 Å². The predicted octanol–water partition coefficient (Wildman–Crippen LogP) is 3.72. The zero-order valence-electron chi connectivity index (χ0n) is 17.8. The molecular weight excluding hydrogens is 392 g/mol. The van der Waals surface area contributed by atoms with Gasteiger partial charge in [-0.3, -0.25) is 4.79 Å². The summed E-state index contributed by atoms with van der Waals surface area (Å²) < 4.78 is 11.5. The lowest BCUT2D eigenvalue weighted by molar-refractivity contribution is 0.0639. The van der Waals surface area contributed by atoms with Crippen molar-refractivity contribution < 1.29 is 14.3 Å². The minimum absolute atomic E-state index is 0.125. The van der Waals surface area contributed by atoms with E-state index in [4.69, 9.17) is 9.47 Å². The summed E-state index contributed by atoms with van der Waals surface area (Å²) in [6.45, 7) is 6.16.